The van der Waals surface area contributed by atoms with Crippen molar-refractivity contribution in [3.8, 4) is 11.5 Å². The van der Waals surface area contributed by atoms with Crippen LogP contribution in [0.4, 0.5) is 4.39 Å². The van der Waals surface area contributed by atoms with Gasteiger partial charge in [-0.1, -0.05) is 35.3 Å². The lowest BCUT2D eigenvalue weighted by Gasteiger charge is -2.10. The minimum Gasteiger partial charge on any atom is -0.453 e. The second kappa shape index (κ2) is 6.24. The van der Waals surface area contributed by atoms with Crippen LogP contribution in [0.2, 0.25) is 10.0 Å². The van der Waals surface area contributed by atoms with Crippen LogP contribution in [0.25, 0.3) is 0 Å². The third-order valence-electron chi connectivity index (χ3n) is 2.51. The maximum Gasteiger partial charge on any atom is 0.166 e. The molecule has 0 bridgehead atoms. The Balaban J connectivity index is 2.26. The molecule has 19 heavy (non-hydrogen) atoms. The van der Waals surface area contributed by atoms with Gasteiger partial charge in [-0.05, 0) is 36.9 Å². The third kappa shape index (κ3) is 3.38. The van der Waals surface area contributed by atoms with E-state index >= 15 is 0 Å². The molecule has 0 saturated carbocycles. The number of hydrogen-bond acceptors (Lipinski definition) is 2. The second-order valence-electron chi connectivity index (χ2n) is 3.95. The minimum atomic E-state index is -0.441. The highest BCUT2D eigenvalue weighted by Crippen LogP contribution is 2.35. The lowest BCUT2D eigenvalue weighted by Crippen LogP contribution is -2.05. The molecule has 2 rings (SSSR count). The van der Waals surface area contributed by atoms with Gasteiger partial charge in [-0.3, -0.25) is 0 Å². The second-order valence-corrected chi connectivity index (χ2v) is 4.73. The Morgan fingerprint density at radius 3 is 2.63 bits per heavy atom. The van der Waals surface area contributed by atoms with Gasteiger partial charge in [0, 0.05) is 6.54 Å². The van der Waals surface area contributed by atoms with E-state index in [2.05, 4.69) is 5.32 Å². The van der Waals surface area contributed by atoms with E-state index in [4.69, 9.17) is 27.9 Å². The topological polar surface area (TPSA) is 21.3 Å². The summed E-state index contributed by atoms with van der Waals surface area (Å²) in [5.74, 6) is 0.00208. The first-order valence-electron chi connectivity index (χ1n) is 5.66. The fraction of sp³-hybridized carbons (Fsp3) is 0.143. The van der Waals surface area contributed by atoms with E-state index in [9.17, 15) is 4.39 Å². The van der Waals surface area contributed by atoms with Crippen molar-refractivity contribution >= 4 is 23.2 Å². The van der Waals surface area contributed by atoms with Gasteiger partial charge in [0.1, 0.15) is 10.8 Å². The molecule has 0 spiro atoms. The summed E-state index contributed by atoms with van der Waals surface area (Å²) in [6.45, 7) is 0.592. The molecule has 2 nitrogen and oxygen atoms in total. The van der Waals surface area contributed by atoms with Crippen LogP contribution in [0.15, 0.2) is 36.4 Å². The molecule has 0 heterocycles. The summed E-state index contributed by atoms with van der Waals surface area (Å²) >= 11 is 11.9. The number of ether oxygens (including phenoxy) is 1. The fourth-order valence-electron chi connectivity index (χ4n) is 1.62. The van der Waals surface area contributed by atoms with Crippen LogP contribution in [0.1, 0.15) is 5.56 Å². The van der Waals surface area contributed by atoms with Gasteiger partial charge >= 0.3 is 0 Å². The zero-order valence-electron chi connectivity index (χ0n) is 10.2. The summed E-state index contributed by atoms with van der Waals surface area (Å²) in [6, 6.07) is 9.74. The number of benzene rings is 2. The molecule has 2 aromatic rings. The first kappa shape index (κ1) is 14.1. The lowest BCUT2D eigenvalue weighted by molar-refractivity contribution is 0.441. The van der Waals surface area contributed by atoms with Gasteiger partial charge in [0.2, 0.25) is 0 Å². The zero-order chi connectivity index (χ0) is 13.8. The average Bonchev–Trinajstić information content (AvgIpc) is 2.38. The summed E-state index contributed by atoms with van der Waals surface area (Å²) in [4.78, 5) is 0. The van der Waals surface area contributed by atoms with Crippen molar-refractivity contribution in [3.63, 3.8) is 0 Å². The molecule has 100 valence electrons. The molecule has 0 radical (unpaired) electrons. The van der Waals surface area contributed by atoms with Crippen molar-refractivity contribution in [1.82, 2.24) is 5.32 Å². The van der Waals surface area contributed by atoms with Crippen LogP contribution in [0.3, 0.4) is 0 Å². The monoisotopic (exact) mass is 299 g/mol. The van der Waals surface area contributed by atoms with E-state index in [0.717, 1.165) is 5.56 Å². The van der Waals surface area contributed by atoms with E-state index < -0.39 is 5.82 Å². The first-order chi connectivity index (χ1) is 9.11. The molecule has 2 aromatic carbocycles. The molecule has 1 N–H and O–H groups in total. The molecule has 0 aliphatic heterocycles. The summed E-state index contributed by atoms with van der Waals surface area (Å²) in [5.41, 5.74) is 0.838. The Hall–Kier alpha value is -1.29. The van der Waals surface area contributed by atoms with Crippen LogP contribution < -0.4 is 10.1 Å². The standard InChI is InChI=1S/C14H12Cl2FNO/c1-18-8-9-5-6-12(11(17)7-9)19-13-4-2-3-10(15)14(13)16/h2-7,18H,8H2,1H3. The molecular weight excluding hydrogens is 288 g/mol. The quantitative estimate of drug-likeness (QED) is 0.888. The van der Waals surface area contributed by atoms with E-state index in [-0.39, 0.29) is 10.8 Å². The fourth-order valence-corrected chi connectivity index (χ4v) is 1.95. The number of nitrogens with one attached hydrogen (secondary N) is 1. The summed E-state index contributed by atoms with van der Waals surface area (Å²) in [5, 5.41) is 3.58. The average molecular weight is 300 g/mol. The highest BCUT2D eigenvalue weighted by Gasteiger charge is 2.10. The van der Waals surface area contributed by atoms with Crippen molar-refractivity contribution < 1.29 is 9.13 Å². The van der Waals surface area contributed by atoms with Crippen molar-refractivity contribution in [1.29, 1.82) is 0 Å². The maximum atomic E-state index is 13.9. The van der Waals surface area contributed by atoms with Gasteiger partial charge in [0.15, 0.2) is 11.6 Å². The minimum absolute atomic E-state index is 0.115. The van der Waals surface area contributed by atoms with Crippen LogP contribution in [0, 0.1) is 5.82 Å². The Morgan fingerprint density at radius 1 is 1.16 bits per heavy atom. The van der Waals surface area contributed by atoms with Gasteiger partial charge in [-0.15, -0.1) is 0 Å². The molecule has 0 aliphatic carbocycles. The lowest BCUT2D eigenvalue weighted by atomic mass is 10.2. The highest BCUT2D eigenvalue weighted by molar-refractivity contribution is 6.42. The van der Waals surface area contributed by atoms with Gasteiger partial charge in [0.25, 0.3) is 0 Å². The van der Waals surface area contributed by atoms with Gasteiger partial charge in [-0.25, -0.2) is 4.39 Å². The highest BCUT2D eigenvalue weighted by atomic mass is 35.5. The van der Waals surface area contributed by atoms with E-state index in [0.29, 0.717) is 17.3 Å². The largest absolute Gasteiger partial charge is 0.453 e. The SMILES string of the molecule is CNCc1ccc(Oc2cccc(Cl)c2Cl)c(F)c1. The number of hydrogen-bond donors (Lipinski definition) is 1. The molecule has 5 heteroatoms. The maximum absolute atomic E-state index is 13.9. The van der Waals surface area contributed by atoms with Crippen molar-refractivity contribution in [2.75, 3.05) is 7.05 Å². The van der Waals surface area contributed by atoms with Gasteiger partial charge in [0.05, 0.1) is 5.02 Å². The Kier molecular flexibility index (Phi) is 4.64. The molecule has 0 atom stereocenters. The number of halogens is 3. The normalized spacial score (nSPS) is 10.5. The Labute approximate surface area is 121 Å². The molecule has 0 aromatic heterocycles. The van der Waals surface area contributed by atoms with Crippen molar-refractivity contribution in [2.24, 2.45) is 0 Å². The molecule has 0 fully saturated rings. The molecule has 0 aliphatic rings. The smallest absolute Gasteiger partial charge is 0.166 e. The molecule has 0 amide bonds. The van der Waals surface area contributed by atoms with Crippen molar-refractivity contribution in [3.05, 3.63) is 57.8 Å². The molecular formula is C14H12Cl2FNO. The van der Waals surface area contributed by atoms with Crippen LogP contribution in [-0.4, -0.2) is 7.05 Å². The van der Waals surface area contributed by atoms with Gasteiger partial charge in [-0.2, -0.15) is 0 Å². The summed E-state index contributed by atoms with van der Waals surface area (Å²) < 4.78 is 19.3. The summed E-state index contributed by atoms with van der Waals surface area (Å²) in [6.07, 6.45) is 0. The van der Waals surface area contributed by atoms with Crippen molar-refractivity contribution in [2.45, 2.75) is 6.54 Å². The van der Waals surface area contributed by atoms with Crippen LogP contribution in [0.5, 0.6) is 11.5 Å². The number of rotatable bonds is 4. The third-order valence-corrected chi connectivity index (χ3v) is 3.31. The first-order valence-corrected chi connectivity index (χ1v) is 6.42. The Morgan fingerprint density at radius 2 is 1.95 bits per heavy atom. The van der Waals surface area contributed by atoms with E-state index in [1.54, 1.807) is 37.4 Å². The Bertz CT molecular complexity index is 590. The van der Waals surface area contributed by atoms with Crippen LogP contribution >= 0.6 is 23.2 Å². The molecule has 0 saturated heterocycles. The molecule has 0 unspecified atom stereocenters. The zero-order valence-corrected chi connectivity index (χ0v) is 11.7. The predicted molar refractivity (Wildman–Crippen MR) is 75.7 cm³/mol. The van der Waals surface area contributed by atoms with E-state index in [1.165, 1.54) is 6.07 Å². The predicted octanol–water partition coefficient (Wildman–Crippen LogP) is 4.64. The van der Waals surface area contributed by atoms with E-state index in [1.807, 2.05) is 0 Å². The van der Waals surface area contributed by atoms with Crippen LogP contribution in [-0.2, 0) is 6.54 Å². The summed E-state index contributed by atoms with van der Waals surface area (Å²) in [7, 11) is 1.80. The van der Waals surface area contributed by atoms with Gasteiger partial charge < -0.3 is 10.1 Å².